The van der Waals surface area contributed by atoms with E-state index in [4.69, 9.17) is 16.7 Å². The van der Waals surface area contributed by atoms with Gasteiger partial charge in [-0.25, -0.2) is 4.79 Å². The Kier molecular flexibility index (Phi) is 5.16. The molecule has 0 aliphatic heterocycles. The van der Waals surface area contributed by atoms with Crippen LogP contribution < -0.4 is 5.32 Å². The third kappa shape index (κ3) is 4.32. The molecule has 2 aromatic rings. The first-order valence-corrected chi connectivity index (χ1v) is 7.05. The highest BCUT2D eigenvalue weighted by Crippen LogP contribution is 2.11. The van der Waals surface area contributed by atoms with Crippen LogP contribution in [-0.4, -0.2) is 43.1 Å². The first-order valence-electron chi connectivity index (χ1n) is 6.67. The molecule has 118 valence electrons. The van der Waals surface area contributed by atoms with E-state index in [1.165, 1.54) is 17.1 Å². The van der Waals surface area contributed by atoms with Crippen LogP contribution in [-0.2, 0) is 17.9 Å². The number of hydrogen-bond acceptors (Lipinski definition) is 4. The van der Waals surface area contributed by atoms with Gasteiger partial charge in [-0.05, 0) is 13.3 Å². The second-order valence-electron chi connectivity index (χ2n) is 4.76. The first-order chi connectivity index (χ1) is 10.5. The van der Waals surface area contributed by atoms with E-state index >= 15 is 0 Å². The smallest absolute Gasteiger partial charge is 0.338 e. The molecule has 22 heavy (non-hydrogen) atoms. The van der Waals surface area contributed by atoms with Gasteiger partial charge >= 0.3 is 5.97 Å². The Balaban J connectivity index is 1.70. The average molecular weight is 326 g/mol. The van der Waals surface area contributed by atoms with Crippen LogP contribution in [0.5, 0.6) is 0 Å². The van der Waals surface area contributed by atoms with E-state index in [0.29, 0.717) is 24.5 Å². The summed E-state index contributed by atoms with van der Waals surface area (Å²) < 4.78 is 3.02. The molecule has 0 aromatic carbocycles. The molecule has 0 unspecified atom stereocenters. The van der Waals surface area contributed by atoms with Crippen molar-refractivity contribution in [3.8, 4) is 0 Å². The molecule has 0 saturated heterocycles. The van der Waals surface area contributed by atoms with Crippen molar-refractivity contribution in [1.82, 2.24) is 24.9 Å². The highest BCUT2D eigenvalue weighted by atomic mass is 35.5. The molecular formula is C13H16ClN5O3. The van der Waals surface area contributed by atoms with Crippen molar-refractivity contribution in [2.45, 2.75) is 26.4 Å². The molecule has 0 aliphatic carbocycles. The van der Waals surface area contributed by atoms with E-state index in [9.17, 15) is 9.59 Å². The lowest BCUT2D eigenvalue weighted by Gasteiger charge is -2.05. The van der Waals surface area contributed by atoms with Crippen molar-refractivity contribution in [3.63, 3.8) is 0 Å². The summed E-state index contributed by atoms with van der Waals surface area (Å²) in [6, 6.07) is 0. The van der Waals surface area contributed by atoms with Gasteiger partial charge in [-0.1, -0.05) is 11.6 Å². The number of amides is 1. The normalized spacial score (nSPS) is 10.6. The number of carbonyl (C=O) groups excluding carboxylic acids is 1. The Morgan fingerprint density at radius 2 is 2.14 bits per heavy atom. The summed E-state index contributed by atoms with van der Waals surface area (Å²) >= 11 is 5.90. The monoisotopic (exact) mass is 325 g/mol. The minimum Gasteiger partial charge on any atom is -0.478 e. The molecule has 0 fully saturated rings. The van der Waals surface area contributed by atoms with E-state index in [1.807, 2.05) is 6.92 Å². The molecule has 0 saturated carbocycles. The van der Waals surface area contributed by atoms with Gasteiger partial charge in [-0.3, -0.25) is 14.2 Å². The summed E-state index contributed by atoms with van der Waals surface area (Å²) in [5.41, 5.74) is 0.831. The quantitative estimate of drug-likeness (QED) is 0.738. The summed E-state index contributed by atoms with van der Waals surface area (Å²) in [6.07, 6.45) is 4.98. The van der Waals surface area contributed by atoms with Crippen molar-refractivity contribution >= 4 is 23.5 Å². The molecule has 0 radical (unpaired) electrons. The van der Waals surface area contributed by atoms with E-state index in [1.54, 1.807) is 10.9 Å². The second-order valence-corrected chi connectivity index (χ2v) is 5.17. The lowest BCUT2D eigenvalue weighted by Crippen LogP contribution is -2.29. The third-order valence-electron chi connectivity index (χ3n) is 2.96. The van der Waals surface area contributed by atoms with Crippen LogP contribution in [0.15, 0.2) is 18.6 Å². The van der Waals surface area contributed by atoms with Gasteiger partial charge in [0.05, 0.1) is 22.5 Å². The van der Waals surface area contributed by atoms with Crippen LogP contribution in [0.2, 0.25) is 5.02 Å². The summed E-state index contributed by atoms with van der Waals surface area (Å²) in [7, 11) is 0. The zero-order valence-corrected chi connectivity index (χ0v) is 12.7. The highest BCUT2D eigenvalue weighted by Gasteiger charge is 2.08. The van der Waals surface area contributed by atoms with Gasteiger partial charge in [0.25, 0.3) is 0 Å². The number of nitrogens with zero attached hydrogens (tertiary/aromatic N) is 4. The molecule has 0 spiro atoms. The van der Waals surface area contributed by atoms with Gasteiger partial charge < -0.3 is 10.4 Å². The van der Waals surface area contributed by atoms with Gasteiger partial charge in [-0.15, -0.1) is 0 Å². The molecule has 9 heteroatoms. The number of carboxylic acid groups (broad SMARTS) is 1. The predicted octanol–water partition coefficient (Wildman–Crippen LogP) is 0.946. The maximum Gasteiger partial charge on any atom is 0.338 e. The van der Waals surface area contributed by atoms with Crippen molar-refractivity contribution in [2.24, 2.45) is 0 Å². The van der Waals surface area contributed by atoms with Crippen molar-refractivity contribution in [2.75, 3.05) is 6.54 Å². The number of rotatable bonds is 7. The Morgan fingerprint density at radius 3 is 2.73 bits per heavy atom. The maximum absolute atomic E-state index is 11.7. The molecule has 1 amide bonds. The van der Waals surface area contributed by atoms with Gasteiger partial charge in [0, 0.05) is 25.5 Å². The van der Waals surface area contributed by atoms with Gasteiger partial charge in [-0.2, -0.15) is 10.2 Å². The summed E-state index contributed by atoms with van der Waals surface area (Å²) in [6.45, 7) is 2.96. The largest absolute Gasteiger partial charge is 0.478 e. The molecule has 8 nitrogen and oxygen atoms in total. The van der Waals surface area contributed by atoms with Crippen LogP contribution in [0.25, 0.3) is 0 Å². The minimum absolute atomic E-state index is 0.0139. The Labute approximate surface area is 131 Å². The molecule has 0 aliphatic rings. The minimum atomic E-state index is -1.07. The number of aromatic carboxylic acids is 1. The first kappa shape index (κ1) is 16.0. The number of aryl methyl sites for hydroxylation is 2. The molecule has 2 rings (SSSR count). The van der Waals surface area contributed by atoms with Gasteiger partial charge in [0.1, 0.15) is 6.54 Å². The van der Waals surface area contributed by atoms with E-state index < -0.39 is 5.97 Å². The lowest BCUT2D eigenvalue weighted by molar-refractivity contribution is -0.121. The lowest BCUT2D eigenvalue weighted by atomic mass is 10.4. The van der Waals surface area contributed by atoms with Crippen molar-refractivity contribution < 1.29 is 14.7 Å². The number of aromatic nitrogens is 4. The fraction of sp³-hybridized carbons (Fsp3) is 0.385. The van der Waals surface area contributed by atoms with Crippen molar-refractivity contribution in [3.05, 3.63) is 34.9 Å². The summed E-state index contributed by atoms with van der Waals surface area (Å²) in [5.74, 6) is -1.30. The topological polar surface area (TPSA) is 102 Å². The SMILES string of the molecule is Cc1nn(CCCNC(=O)Cn2cc(C(=O)O)cn2)cc1Cl. The summed E-state index contributed by atoms with van der Waals surface area (Å²) in [5, 5.41) is 20.2. The maximum atomic E-state index is 11.7. The van der Waals surface area contributed by atoms with Crippen LogP contribution >= 0.6 is 11.6 Å². The standard InChI is InChI=1S/C13H16ClN5O3/c1-9-11(14)7-18(17-9)4-2-3-15-12(20)8-19-6-10(5-16-19)13(21)22/h5-7H,2-4,8H2,1H3,(H,15,20)(H,21,22). The van der Waals surface area contributed by atoms with Crippen molar-refractivity contribution in [1.29, 1.82) is 0 Å². The second kappa shape index (κ2) is 7.08. The van der Waals surface area contributed by atoms with Crippen LogP contribution in [0.3, 0.4) is 0 Å². The Hall–Kier alpha value is -2.35. The fourth-order valence-electron chi connectivity index (χ4n) is 1.84. The van der Waals surface area contributed by atoms with Crippen LogP contribution in [0, 0.1) is 6.92 Å². The zero-order chi connectivity index (χ0) is 16.1. The number of carboxylic acids is 1. The van der Waals surface area contributed by atoms with Crippen LogP contribution in [0.4, 0.5) is 0 Å². The molecular weight excluding hydrogens is 310 g/mol. The molecule has 0 bridgehead atoms. The number of carbonyl (C=O) groups is 2. The summed E-state index contributed by atoms with van der Waals surface area (Å²) in [4.78, 5) is 22.4. The average Bonchev–Trinajstić information content (AvgIpc) is 3.03. The highest BCUT2D eigenvalue weighted by molar-refractivity contribution is 6.31. The van der Waals surface area contributed by atoms with Crippen LogP contribution in [0.1, 0.15) is 22.5 Å². The Morgan fingerprint density at radius 1 is 1.36 bits per heavy atom. The molecule has 2 aromatic heterocycles. The number of hydrogen-bond donors (Lipinski definition) is 2. The van der Waals surface area contributed by atoms with E-state index in [-0.39, 0.29) is 18.0 Å². The van der Waals surface area contributed by atoms with E-state index in [2.05, 4.69) is 15.5 Å². The number of nitrogens with one attached hydrogen (secondary N) is 1. The predicted molar refractivity (Wildman–Crippen MR) is 78.8 cm³/mol. The molecule has 0 atom stereocenters. The molecule has 2 N–H and O–H groups in total. The number of halogens is 1. The van der Waals surface area contributed by atoms with Gasteiger partial charge in [0.2, 0.25) is 5.91 Å². The zero-order valence-electron chi connectivity index (χ0n) is 12.0. The Bertz CT molecular complexity index is 660. The van der Waals surface area contributed by atoms with Gasteiger partial charge in [0.15, 0.2) is 0 Å². The third-order valence-corrected chi connectivity index (χ3v) is 3.33. The fourth-order valence-corrected chi connectivity index (χ4v) is 1.99. The molecule has 2 heterocycles. The van der Waals surface area contributed by atoms with E-state index in [0.717, 1.165) is 5.69 Å².